The van der Waals surface area contributed by atoms with Crippen LogP contribution in [0.2, 0.25) is 4.34 Å². The van der Waals surface area contributed by atoms with Crippen molar-refractivity contribution in [2.45, 2.75) is 13.0 Å². The number of aromatic nitrogens is 1. The number of aliphatic hydroxyl groups excluding tert-OH is 1. The van der Waals surface area contributed by atoms with Crippen molar-refractivity contribution in [2.24, 2.45) is 0 Å². The van der Waals surface area contributed by atoms with Crippen molar-refractivity contribution >= 4 is 22.9 Å². The molecule has 0 saturated carbocycles. The van der Waals surface area contributed by atoms with Crippen LogP contribution in [0.15, 0.2) is 30.5 Å². The highest BCUT2D eigenvalue weighted by Crippen LogP contribution is 2.33. The molecular weight excluding hydrogens is 258 g/mol. The first-order valence-corrected chi connectivity index (χ1v) is 6.42. The van der Waals surface area contributed by atoms with Crippen molar-refractivity contribution in [3.8, 4) is 5.75 Å². The van der Waals surface area contributed by atoms with Crippen LogP contribution >= 0.6 is 22.9 Å². The number of para-hydroxylation sites is 1. The fourth-order valence-corrected chi connectivity index (χ4v) is 2.45. The summed E-state index contributed by atoms with van der Waals surface area (Å²) in [7, 11) is 0. The Bertz CT molecular complexity index is 501. The predicted molar refractivity (Wildman–Crippen MR) is 68.8 cm³/mol. The molecule has 3 nitrogen and oxygen atoms in total. The molecule has 1 aromatic carbocycles. The van der Waals surface area contributed by atoms with E-state index in [1.165, 1.54) is 17.5 Å². The zero-order valence-electron chi connectivity index (χ0n) is 9.26. The summed E-state index contributed by atoms with van der Waals surface area (Å²) < 4.78 is 6.03. The number of benzene rings is 1. The number of thiazole rings is 1. The van der Waals surface area contributed by atoms with Crippen molar-refractivity contribution in [2.75, 3.05) is 6.61 Å². The van der Waals surface area contributed by atoms with E-state index < -0.39 is 6.10 Å². The predicted octanol–water partition coefficient (Wildman–Crippen LogP) is 3.28. The van der Waals surface area contributed by atoms with Gasteiger partial charge in [0.05, 0.1) is 12.8 Å². The summed E-state index contributed by atoms with van der Waals surface area (Å²) in [5.41, 5.74) is 0.709. The summed E-state index contributed by atoms with van der Waals surface area (Å²) in [6, 6.07) is 7.38. The van der Waals surface area contributed by atoms with Gasteiger partial charge in [-0.2, -0.15) is 0 Å². The second-order valence-corrected chi connectivity index (χ2v) is 5.07. The van der Waals surface area contributed by atoms with Gasteiger partial charge < -0.3 is 9.84 Å². The maximum atomic E-state index is 10.2. The first-order chi connectivity index (χ1) is 8.22. The van der Waals surface area contributed by atoms with E-state index in [1.807, 2.05) is 31.2 Å². The molecule has 1 aromatic heterocycles. The summed E-state index contributed by atoms with van der Waals surface area (Å²) in [5, 5.41) is 10.8. The Morgan fingerprint density at radius 1 is 1.47 bits per heavy atom. The van der Waals surface area contributed by atoms with Crippen molar-refractivity contribution < 1.29 is 9.84 Å². The fraction of sp³-hybridized carbons (Fsp3) is 0.250. The Morgan fingerprint density at radius 3 is 2.88 bits per heavy atom. The lowest BCUT2D eigenvalue weighted by Gasteiger charge is -2.13. The molecule has 2 aromatic rings. The van der Waals surface area contributed by atoms with E-state index in [-0.39, 0.29) is 0 Å². The maximum absolute atomic E-state index is 10.2. The van der Waals surface area contributed by atoms with Gasteiger partial charge in [-0.15, -0.1) is 11.3 Å². The summed E-state index contributed by atoms with van der Waals surface area (Å²) in [6.45, 7) is 2.46. The topological polar surface area (TPSA) is 42.4 Å². The minimum Gasteiger partial charge on any atom is -0.493 e. The Kier molecular flexibility index (Phi) is 3.99. The quantitative estimate of drug-likeness (QED) is 0.926. The molecule has 0 aliphatic rings. The van der Waals surface area contributed by atoms with Crippen molar-refractivity contribution in [1.29, 1.82) is 0 Å². The average Bonchev–Trinajstić information content (AvgIpc) is 2.76. The third kappa shape index (κ3) is 2.77. The molecular formula is C12H12ClNO2S. The largest absolute Gasteiger partial charge is 0.493 e. The lowest BCUT2D eigenvalue weighted by molar-refractivity contribution is 0.211. The standard InChI is InChI=1S/C12H12ClNO2S/c1-2-16-9-6-4-3-5-8(9)11(15)12-14-7-10(13)17-12/h3-7,11,15H,2H2,1H3. The number of ether oxygens (including phenoxy) is 1. The van der Waals surface area contributed by atoms with Crippen molar-refractivity contribution in [3.63, 3.8) is 0 Å². The van der Waals surface area contributed by atoms with Gasteiger partial charge >= 0.3 is 0 Å². The number of aliphatic hydroxyl groups is 1. The summed E-state index contributed by atoms with van der Waals surface area (Å²) in [6.07, 6.45) is 0.740. The highest BCUT2D eigenvalue weighted by Gasteiger charge is 2.18. The van der Waals surface area contributed by atoms with Crippen LogP contribution < -0.4 is 4.74 Å². The zero-order chi connectivity index (χ0) is 12.3. The maximum Gasteiger partial charge on any atom is 0.134 e. The molecule has 0 aliphatic carbocycles. The lowest BCUT2D eigenvalue weighted by Crippen LogP contribution is -2.03. The lowest BCUT2D eigenvalue weighted by atomic mass is 10.1. The Hall–Kier alpha value is -1.10. The number of halogens is 1. The van der Waals surface area contributed by atoms with Gasteiger partial charge in [-0.3, -0.25) is 0 Å². The van der Waals surface area contributed by atoms with E-state index in [2.05, 4.69) is 4.98 Å². The molecule has 5 heteroatoms. The minimum atomic E-state index is -0.796. The molecule has 0 fully saturated rings. The van der Waals surface area contributed by atoms with Gasteiger partial charge in [0, 0.05) is 5.56 Å². The molecule has 1 unspecified atom stereocenters. The molecule has 0 bridgehead atoms. The van der Waals surface area contributed by atoms with Gasteiger partial charge in [0.1, 0.15) is 21.2 Å². The highest BCUT2D eigenvalue weighted by atomic mass is 35.5. The Balaban J connectivity index is 2.33. The number of hydrogen-bond donors (Lipinski definition) is 1. The molecule has 0 amide bonds. The second kappa shape index (κ2) is 5.49. The molecule has 0 saturated heterocycles. The van der Waals surface area contributed by atoms with E-state index in [0.717, 1.165) is 0 Å². The number of hydrogen-bond acceptors (Lipinski definition) is 4. The van der Waals surface area contributed by atoms with Crippen LogP contribution in [0.5, 0.6) is 5.75 Å². The number of rotatable bonds is 4. The zero-order valence-corrected chi connectivity index (χ0v) is 10.8. The summed E-state index contributed by atoms with van der Waals surface area (Å²) in [4.78, 5) is 4.07. The van der Waals surface area contributed by atoms with E-state index in [9.17, 15) is 5.11 Å². The molecule has 17 heavy (non-hydrogen) atoms. The Morgan fingerprint density at radius 2 is 2.24 bits per heavy atom. The van der Waals surface area contributed by atoms with Gasteiger partial charge in [-0.05, 0) is 13.0 Å². The SMILES string of the molecule is CCOc1ccccc1C(O)c1ncc(Cl)s1. The highest BCUT2D eigenvalue weighted by molar-refractivity contribution is 7.15. The van der Waals surface area contributed by atoms with Crippen LogP contribution in [0.1, 0.15) is 23.6 Å². The van der Waals surface area contributed by atoms with Gasteiger partial charge in [-0.1, -0.05) is 29.8 Å². The Labute approximate surface area is 109 Å². The molecule has 0 aliphatic heterocycles. The van der Waals surface area contributed by atoms with Crippen LogP contribution in [0.3, 0.4) is 0 Å². The van der Waals surface area contributed by atoms with E-state index in [4.69, 9.17) is 16.3 Å². The van der Waals surface area contributed by atoms with Crippen molar-refractivity contribution in [3.05, 3.63) is 45.4 Å². The van der Waals surface area contributed by atoms with Gasteiger partial charge in [0.2, 0.25) is 0 Å². The first kappa shape index (κ1) is 12.4. The number of nitrogens with zero attached hydrogens (tertiary/aromatic N) is 1. The average molecular weight is 270 g/mol. The molecule has 1 atom stereocenters. The van der Waals surface area contributed by atoms with Crippen LogP contribution in [0, 0.1) is 0 Å². The molecule has 1 N–H and O–H groups in total. The van der Waals surface area contributed by atoms with Crippen LogP contribution in [-0.4, -0.2) is 16.7 Å². The van der Waals surface area contributed by atoms with Crippen molar-refractivity contribution in [1.82, 2.24) is 4.98 Å². The molecule has 90 valence electrons. The monoisotopic (exact) mass is 269 g/mol. The smallest absolute Gasteiger partial charge is 0.134 e. The molecule has 0 spiro atoms. The third-order valence-corrected chi connectivity index (χ3v) is 3.41. The minimum absolute atomic E-state index is 0.558. The first-order valence-electron chi connectivity index (χ1n) is 5.23. The normalized spacial score (nSPS) is 12.4. The summed E-state index contributed by atoms with van der Waals surface area (Å²) in [5.74, 6) is 0.675. The van der Waals surface area contributed by atoms with Crippen LogP contribution in [-0.2, 0) is 0 Å². The van der Waals surface area contributed by atoms with Gasteiger partial charge in [0.15, 0.2) is 0 Å². The van der Waals surface area contributed by atoms with Crippen LogP contribution in [0.25, 0.3) is 0 Å². The van der Waals surface area contributed by atoms with E-state index in [0.29, 0.717) is 27.3 Å². The summed E-state index contributed by atoms with van der Waals surface area (Å²) >= 11 is 7.07. The van der Waals surface area contributed by atoms with Gasteiger partial charge in [-0.25, -0.2) is 4.98 Å². The third-order valence-electron chi connectivity index (χ3n) is 2.24. The molecule has 1 heterocycles. The van der Waals surface area contributed by atoms with E-state index in [1.54, 1.807) is 0 Å². The fourth-order valence-electron chi connectivity index (χ4n) is 1.52. The molecule has 0 radical (unpaired) electrons. The van der Waals surface area contributed by atoms with Gasteiger partial charge in [0.25, 0.3) is 0 Å². The second-order valence-electron chi connectivity index (χ2n) is 3.38. The van der Waals surface area contributed by atoms with Crippen LogP contribution in [0.4, 0.5) is 0 Å². The van der Waals surface area contributed by atoms with E-state index >= 15 is 0 Å². The molecule has 2 rings (SSSR count).